The lowest BCUT2D eigenvalue weighted by molar-refractivity contribution is -0.139. The fraction of sp³-hybridized carbons (Fsp3) is 0.611. The number of piperazine rings is 1. The Bertz CT molecular complexity index is 774. The third-order valence-corrected chi connectivity index (χ3v) is 6.42. The maximum absolute atomic E-state index is 13.2. The third-order valence-electron chi connectivity index (χ3n) is 5.40. The zero-order valence-electron chi connectivity index (χ0n) is 16.2. The molecule has 2 aromatic heterocycles. The summed E-state index contributed by atoms with van der Waals surface area (Å²) in [6.07, 6.45) is 5.55. The number of aromatic nitrogens is 3. The Hall–Kier alpha value is -1.35. The Balaban J connectivity index is 0.00000140. The molecule has 4 rings (SSSR count). The number of carbonyl (C=O) groups is 1. The van der Waals surface area contributed by atoms with Gasteiger partial charge in [0.05, 0.1) is 5.69 Å². The number of aryl methyl sites for hydroxylation is 2. The van der Waals surface area contributed by atoms with Crippen LogP contribution in [0.1, 0.15) is 30.4 Å². The van der Waals surface area contributed by atoms with E-state index in [0.717, 1.165) is 62.2 Å². The lowest BCUT2D eigenvalue weighted by Gasteiger charge is -2.39. The van der Waals surface area contributed by atoms with E-state index in [1.54, 1.807) is 17.5 Å². The Morgan fingerprint density at radius 3 is 2.61 bits per heavy atom. The van der Waals surface area contributed by atoms with Crippen molar-refractivity contribution in [3.05, 3.63) is 29.3 Å². The first-order chi connectivity index (χ1) is 12.6. The molecule has 10 heteroatoms. The normalized spacial score (nSPS) is 20.4. The molecule has 7 nitrogen and oxygen atoms in total. The molecule has 0 aromatic carbocycles. The van der Waals surface area contributed by atoms with Gasteiger partial charge in [-0.05, 0) is 19.8 Å². The summed E-state index contributed by atoms with van der Waals surface area (Å²) >= 11 is 1.69. The highest BCUT2D eigenvalue weighted by Gasteiger charge is 2.35. The molecule has 156 valence electrons. The van der Waals surface area contributed by atoms with Crippen molar-refractivity contribution in [2.24, 2.45) is 13.0 Å². The molecule has 2 aliphatic heterocycles. The van der Waals surface area contributed by atoms with Crippen LogP contribution < -0.4 is 10.2 Å². The third kappa shape index (κ3) is 4.62. The molecule has 1 amide bonds. The molecule has 28 heavy (non-hydrogen) atoms. The van der Waals surface area contributed by atoms with Crippen LogP contribution in [-0.2, 0) is 11.8 Å². The number of amides is 1. The first-order valence-corrected chi connectivity index (χ1v) is 10.2. The number of hydrogen-bond acceptors (Lipinski definition) is 6. The van der Waals surface area contributed by atoms with Crippen LogP contribution in [0.3, 0.4) is 0 Å². The minimum Gasteiger partial charge on any atom is -0.348 e. The monoisotopic (exact) mass is 446 g/mol. The van der Waals surface area contributed by atoms with E-state index in [2.05, 4.69) is 25.6 Å². The van der Waals surface area contributed by atoms with Crippen LogP contribution in [0.15, 0.2) is 17.8 Å². The van der Waals surface area contributed by atoms with Gasteiger partial charge in [0.15, 0.2) is 5.13 Å². The molecule has 0 radical (unpaired) electrons. The number of imidazole rings is 1. The molecule has 2 aromatic rings. The largest absolute Gasteiger partial charge is 0.348 e. The van der Waals surface area contributed by atoms with Crippen molar-refractivity contribution in [3.8, 4) is 0 Å². The van der Waals surface area contributed by atoms with Crippen LogP contribution in [0.2, 0.25) is 0 Å². The molecule has 0 spiro atoms. The van der Waals surface area contributed by atoms with Gasteiger partial charge >= 0.3 is 0 Å². The van der Waals surface area contributed by atoms with Gasteiger partial charge in [0, 0.05) is 63.5 Å². The summed E-state index contributed by atoms with van der Waals surface area (Å²) < 4.78 is 2.02. The molecule has 4 heterocycles. The predicted molar refractivity (Wildman–Crippen MR) is 117 cm³/mol. The van der Waals surface area contributed by atoms with Gasteiger partial charge in [0.25, 0.3) is 0 Å². The SMILES string of the molecule is Cc1csc(N2CCC(C(=O)N3CCNCC3c3nccn3C)CC2)n1.Cl.Cl. The fourth-order valence-corrected chi connectivity index (χ4v) is 4.79. The van der Waals surface area contributed by atoms with Gasteiger partial charge in [-0.2, -0.15) is 0 Å². The summed E-state index contributed by atoms with van der Waals surface area (Å²) in [4.78, 5) is 26.7. The van der Waals surface area contributed by atoms with Crippen molar-refractivity contribution in [1.82, 2.24) is 24.8 Å². The maximum atomic E-state index is 13.2. The number of anilines is 1. The molecule has 2 fully saturated rings. The number of rotatable bonds is 3. The highest BCUT2D eigenvalue weighted by molar-refractivity contribution is 7.13. The zero-order valence-corrected chi connectivity index (χ0v) is 18.7. The molecular formula is C18H28Cl2N6OS. The first kappa shape index (κ1) is 22.9. The smallest absolute Gasteiger partial charge is 0.226 e. The molecule has 1 unspecified atom stereocenters. The second kappa shape index (κ2) is 9.91. The van der Waals surface area contributed by atoms with E-state index in [1.807, 2.05) is 29.6 Å². The quantitative estimate of drug-likeness (QED) is 0.783. The molecule has 0 bridgehead atoms. The van der Waals surface area contributed by atoms with Crippen LogP contribution in [-0.4, -0.2) is 58.1 Å². The van der Waals surface area contributed by atoms with Crippen LogP contribution in [0.25, 0.3) is 0 Å². The Morgan fingerprint density at radius 2 is 2.00 bits per heavy atom. The molecular weight excluding hydrogens is 419 g/mol. The standard InChI is InChI=1S/C18H26N6OS.2ClH/c1-13-12-26-18(21-13)23-7-3-14(4-8-23)17(25)24-10-5-19-11-15(24)16-20-6-9-22(16)2;;/h6,9,12,14-15,19H,3-5,7-8,10-11H2,1-2H3;2*1H. The highest BCUT2D eigenvalue weighted by atomic mass is 35.5. The van der Waals surface area contributed by atoms with Crippen molar-refractivity contribution in [1.29, 1.82) is 0 Å². The Labute approximate surface area is 182 Å². The van der Waals surface area contributed by atoms with Crippen molar-refractivity contribution in [2.45, 2.75) is 25.8 Å². The van der Waals surface area contributed by atoms with Crippen molar-refractivity contribution >= 4 is 47.2 Å². The summed E-state index contributed by atoms with van der Waals surface area (Å²) in [7, 11) is 1.99. The van der Waals surface area contributed by atoms with E-state index in [9.17, 15) is 4.79 Å². The number of piperidine rings is 1. The number of halogens is 2. The van der Waals surface area contributed by atoms with Crippen LogP contribution >= 0.6 is 36.2 Å². The number of nitrogens with one attached hydrogen (secondary N) is 1. The van der Waals surface area contributed by atoms with Gasteiger partial charge in [-0.25, -0.2) is 9.97 Å². The van der Waals surface area contributed by atoms with E-state index in [0.29, 0.717) is 0 Å². The van der Waals surface area contributed by atoms with E-state index in [-0.39, 0.29) is 42.7 Å². The number of carbonyl (C=O) groups excluding carboxylic acids is 1. The van der Waals surface area contributed by atoms with E-state index in [1.165, 1.54) is 0 Å². The fourth-order valence-electron chi connectivity index (χ4n) is 3.94. The Morgan fingerprint density at radius 1 is 1.25 bits per heavy atom. The van der Waals surface area contributed by atoms with Crippen LogP contribution in [0.5, 0.6) is 0 Å². The summed E-state index contributed by atoms with van der Waals surface area (Å²) in [6.45, 7) is 6.21. The average Bonchev–Trinajstić information content (AvgIpc) is 3.29. The van der Waals surface area contributed by atoms with Gasteiger partial charge in [-0.1, -0.05) is 0 Å². The van der Waals surface area contributed by atoms with Gasteiger partial charge in [-0.3, -0.25) is 4.79 Å². The summed E-state index contributed by atoms with van der Waals surface area (Å²) in [5.41, 5.74) is 1.07. The second-order valence-electron chi connectivity index (χ2n) is 7.18. The van der Waals surface area contributed by atoms with Crippen molar-refractivity contribution in [2.75, 3.05) is 37.6 Å². The molecule has 0 aliphatic carbocycles. The lowest BCUT2D eigenvalue weighted by Crippen LogP contribution is -2.52. The maximum Gasteiger partial charge on any atom is 0.226 e. The topological polar surface area (TPSA) is 66.3 Å². The molecule has 1 N–H and O–H groups in total. The number of thiazole rings is 1. The van der Waals surface area contributed by atoms with Crippen LogP contribution in [0.4, 0.5) is 5.13 Å². The minimum absolute atomic E-state index is 0. The van der Waals surface area contributed by atoms with Crippen molar-refractivity contribution in [3.63, 3.8) is 0 Å². The van der Waals surface area contributed by atoms with Gasteiger partial charge < -0.3 is 19.7 Å². The predicted octanol–water partition coefficient (Wildman–Crippen LogP) is 2.42. The summed E-state index contributed by atoms with van der Waals surface area (Å²) in [5.74, 6) is 1.35. The van der Waals surface area contributed by atoms with Gasteiger partial charge in [0.1, 0.15) is 11.9 Å². The Kier molecular flexibility index (Phi) is 8.12. The van der Waals surface area contributed by atoms with E-state index >= 15 is 0 Å². The molecule has 2 aliphatic rings. The second-order valence-corrected chi connectivity index (χ2v) is 8.02. The highest BCUT2D eigenvalue weighted by Crippen LogP contribution is 2.29. The van der Waals surface area contributed by atoms with Crippen LogP contribution in [0, 0.1) is 12.8 Å². The van der Waals surface area contributed by atoms with Gasteiger partial charge in [0.2, 0.25) is 5.91 Å². The summed E-state index contributed by atoms with van der Waals surface area (Å²) in [6, 6.07) is 0.0240. The molecule has 0 saturated carbocycles. The van der Waals surface area contributed by atoms with Crippen molar-refractivity contribution < 1.29 is 4.79 Å². The first-order valence-electron chi connectivity index (χ1n) is 9.29. The number of hydrogen-bond donors (Lipinski definition) is 1. The van der Waals surface area contributed by atoms with E-state index in [4.69, 9.17) is 0 Å². The van der Waals surface area contributed by atoms with E-state index < -0.39 is 0 Å². The average molecular weight is 447 g/mol. The van der Waals surface area contributed by atoms with Gasteiger partial charge in [-0.15, -0.1) is 36.2 Å². The lowest BCUT2D eigenvalue weighted by atomic mass is 9.94. The summed E-state index contributed by atoms with van der Waals surface area (Å²) in [5, 5.41) is 6.58. The molecule has 2 saturated heterocycles. The zero-order chi connectivity index (χ0) is 18.1. The molecule has 1 atom stereocenters. The number of nitrogens with zero attached hydrogens (tertiary/aromatic N) is 5. The minimum atomic E-state index is 0.